The zero-order chi connectivity index (χ0) is 37.1. The fraction of sp³-hybridized carbons (Fsp3) is 0.463. The van der Waals surface area contributed by atoms with Crippen LogP contribution in [-0.2, 0) is 32.1 Å². The number of methoxy groups -OCH3 is 1. The van der Waals surface area contributed by atoms with Crippen molar-refractivity contribution in [1.29, 1.82) is 0 Å². The van der Waals surface area contributed by atoms with Gasteiger partial charge >= 0.3 is 0 Å². The summed E-state index contributed by atoms with van der Waals surface area (Å²) in [7, 11) is 1.58. The molecule has 4 bridgehead atoms. The van der Waals surface area contributed by atoms with Crippen LogP contribution < -0.4 is 30.2 Å². The molecule has 0 aromatic heterocycles. The van der Waals surface area contributed by atoms with Crippen molar-refractivity contribution in [3.05, 3.63) is 89.5 Å². The van der Waals surface area contributed by atoms with Crippen molar-refractivity contribution in [3.63, 3.8) is 0 Å². The molecule has 2 aliphatic heterocycles. The third kappa shape index (κ3) is 10.3. The average molecular weight is 713 g/mol. The molecule has 5 rings (SSSR count). The monoisotopic (exact) mass is 712 g/mol. The van der Waals surface area contributed by atoms with Crippen LogP contribution in [0.3, 0.4) is 0 Å². The molecule has 1 saturated heterocycles. The zero-order valence-electron chi connectivity index (χ0n) is 30.7. The van der Waals surface area contributed by atoms with Gasteiger partial charge in [0.1, 0.15) is 28.8 Å². The highest BCUT2D eigenvalue weighted by atomic mass is 16.5. The van der Waals surface area contributed by atoms with E-state index in [9.17, 15) is 19.2 Å². The molecule has 0 saturated carbocycles. The van der Waals surface area contributed by atoms with Gasteiger partial charge in [0, 0.05) is 19.6 Å². The smallest absolute Gasteiger partial charge is 0.245 e. The lowest BCUT2D eigenvalue weighted by atomic mass is 9.89. The van der Waals surface area contributed by atoms with Crippen LogP contribution in [0.25, 0.3) is 0 Å². The fourth-order valence-corrected chi connectivity index (χ4v) is 6.79. The second-order valence-electron chi connectivity index (χ2n) is 14.1. The van der Waals surface area contributed by atoms with Crippen LogP contribution in [0.2, 0.25) is 0 Å². The van der Waals surface area contributed by atoms with Crippen LogP contribution >= 0.6 is 0 Å². The lowest BCUT2D eigenvalue weighted by Gasteiger charge is -2.37. The average Bonchev–Trinajstić information content (AvgIpc) is 3.16. The van der Waals surface area contributed by atoms with Gasteiger partial charge in [-0.1, -0.05) is 43.3 Å². The molecular formula is C41H52N4O7. The van der Waals surface area contributed by atoms with E-state index in [0.717, 1.165) is 41.7 Å². The highest BCUT2D eigenvalue weighted by Gasteiger charge is 2.41. The van der Waals surface area contributed by atoms with E-state index in [-0.39, 0.29) is 43.7 Å². The molecule has 0 aliphatic carbocycles. The molecule has 3 aromatic carbocycles. The van der Waals surface area contributed by atoms with Crippen LogP contribution in [0.15, 0.2) is 72.8 Å². The van der Waals surface area contributed by atoms with E-state index in [2.05, 4.69) is 16.0 Å². The number of nitrogens with one attached hydrogen (secondary N) is 3. The number of rotatable bonds is 9. The molecular weight excluding hydrogens is 660 g/mol. The van der Waals surface area contributed by atoms with Gasteiger partial charge in [-0.2, -0.15) is 0 Å². The Labute approximate surface area is 306 Å². The van der Waals surface area contributed by atoms with E-state index in [1.54, 1.807) is 50.1 Å². The Morgan fingerprint density at radius 1 is 1.02 bits per heavy atom. The summed E-state index contributed by atoms with van der Waals surface area (Å²) >= 11 is 0. The molecule has 2 unspecified atom stereocenters. The van der Waals surface area contributed by atoms with Crippen molar-refractivity contribution < 1.29 is 33.4 Å². The first-order chi connectivity index (χ1) is 25.0. The Bertz CT molecular complexity index is 1680. The lowest BCUT2D eigenvalue weighted by Crippen LogP contribution is -2.63. The van der Waals surface area contributed by atoms with Crippen LogP contribution in [0.5, 0.6) is 17.2 Å². The van der Waals surface area contributed by atoms with Crippen molar-refractivity contribution in [2.45, 2.75) is 77.4 Å². The summed E-state index contributed by atoms with van der Waals surface area (Å²) in [5.74, 6) is -0.329. The molecule has 2 aliphatic rings. The Morgan fingerprint density at radius 2 is 1.77 bits per heavy atom. The van der Waals surface area contributed by atoms with E-state index in [4.69, 9.17) is 14.2 Å². The molecule has 0 radical (unpaired) electrons. The molecule has 11 heteroatoms. The standard InChI is InChI=1S/C41H52N4O7/c1-28-12-13-35-25-32(28)26-42-40(49)41(3,21-18-30-9-6-5-7-10-30)44-38(47)37(29(2)39(48)45-22-8-11-31(27-45)19-23-52-35)43-36(46)20-24-51-34-16-14-33(50-4)15-17-34/h5-7,9-10,12-17,25,29,31,37H,8,11,18-24,26-27H2,1-4H3,(H,42,49)(H,43,46)(H,44,47)/t29?,31?,37-,41+/m0/s1. The SMILES string of the molecule is COc1ccc(OCCC(=O)N[C@@H]2C(=O)N[C@](C)(CCc3ccccc3)C(=O)NCc3cc(ccc3C)OCCC3CCCN(C3)C(=O)C2C)cc1. The van der Waals surface area contributed by atoms with Gasteiger partial charge in [-0.3, -0.25) is 19.2 Å². The van der Waals surface area contributed by atoms with Crippen molar-refractivity contribution in [1.82, 2.24) is 20.9 Å². The van der Waals surface area contributed by atoms with Gasteiger partial charge in [-0.05, 0) is 105 Å². The fourth-order valence-electron chi connectivity index (χ4n) is 6.79. The van der Waals surface area contributed by atoms with Gasteiger partial charge < -0.3 is 35.1 Å². The molecule has 278 valence electrons. The number of fused-ring (bicyclic) bond motifs is 4. The van der Waals surface area contributed by atoms with E-state index < -0.39 is 29.3 Å². The van der Waals surface area contributed by atoms with E-state index in [0.29, 0.717) is 37.6 Å². The normalized spacial score (nSPS) is 22.9. The second kappa shape index (κ2) is 17.9. The van der Waals surface area contributed by atoms with Crippen LogP contribution in [0, 0.1) is 18.8 Å². The summed E-state index contributed by atoms with van der Waals surface area (Å²) in [4.78, 5) is 57.7. The van der Waals surface area contributed by atoms with Crippen molar-refractivity contribution in [3.8, 4) is 17.2 Å². The molecule has 4 atom stereocenters. The number of hydrogen-bond donors (Lipinski definition) is 3. The van der Waals surface area contributed by atoms with E-state index in [1.165, 1.54) is 0 Å². The summed E-state index contributed by atoms with van der Waals surface area (Å²) in [5.41, 5.74) is 1.55. The minimum atomic E-state index is -1.38. The molecule has 1 fully saturated rings. The molecule has 3 N–H and O–H groups in total. The van der Waals surface area contributed by atoms with Gasteiger partial charge in [0.2, 0.25) is 23.6 Å². The van der Waals surface area contributed by atoms with Crippen LogP contribution in [-0.4, -0.2) is 73.5 Å². The molecule has 0 spiro atoms. The predicted octanol–water partition coefficient (Wildman–Crippen LogP) is 4.74. The van der Waals surface area contributed by atoms with Crippen LogP contribution in [0.4, 0.5) is 0 Å². The lowest BCUT2D eigenvalue weighted by molar-refractivity contribution is -0.143. The van der Waals surface area contributed by atoms with Gasteiger partial charge in [-0.25, -0.2) is 0 Å². The number of amides is 4. The van der Waals surface area contributed by atoms with E-state index in [1.807, 2.05) is 55.5 Å². The van der Waals surface area contributed by atoms with Crippen molar-refractivity contribution >= 4 is 23.6 Å². The third-order valence-electron chi connectivity index (χ3n) is 10.2. The Balaban J connectivity index is 1.40. The van der Waals surface area contributed by atoms with Gasteiger partial charge in [0.05, 0.1) is 32.7 Å². The maximum Gasteiger partial charge on any atom is 0.245 e. The molecule has 52 heavy (non-hydrogen) atoms. The van der Waals surface area contributed by atoms with Gasteiger partial charge in [-0.15, -0.1) is 0 Å². The molecule has 11 nitrogen and oxygen atoms in total. The highest BCUT2D eigenvalue weighted by Crippen LogP contribution is 2.25. The maximum absolute atomic E-state index is 14.4. The number of carbonyl (C=O) groups excluding carboxylic acids is 4. The van der Waals surface area contributed by atoms with Crippen LogP contribution in [0.1, 0.15) is 62.6 Å². The second-order valence-corrected chi connectivity index (χ2v) is 14.1. The van der Waals surface area contributed by atoms with Gasteiger partial charge in [0.25, 0.3) is 0 Å². The third-order valence-corrected chi connectivity index (χ3v) is 10.2. The first kappa shape index (κ1) is 38.2. The summed E-state index contributed by atoms with van der Waals surface area (Å²) in [6, 6.07) is 21.4. The topological polar surface area (TPSA) is 135 Å². The van der Waals surface area contributed by atoms with E-state index >= 15 is 0 Å². The first-order valence-corrected chi connectivity index (χ1v) is 18.3. The summed E-state index contributed by atoms with van der Waals surface area (Å²) in [6.07, 6.45) is 3.32. The van der Waals surface area contributed by atoms with Crippen molar-refractivity contribution in [2.24, 2.45) is 11.8 Å². The summed E-state index contributed by atoms with van der Waals surface area (Å²) in [5, 5.41) is 8.87. The number of aryl methyl sites for hydroxylation is 2. The minimum Gasteiger partial charge on any atom is -0.497 e. The zero-order valence-corrected chi connectivity index (χ0v) is 30.7. The predicted molar refractivity (Wildman–Crippen MR) is 198 cm³/mol. The highest BCUT2D eigenvalue weighted by molar-refractivity contribution is 5.97. The summed E-state index contributed by atoms with van der Waals surface area (Å²) < 4.78 is 17.1. The Kier molecular flexibility index (Phi) is 13.2. The number of carbonyl (C=O) groups is 4. The number of benzene rings is 3. The number of hydrogen-bond acceptors (Lipinski definition) is 7. The Morgan fingerprint density at radius 3 is 2.52 bits per heavy atom. The first-order valence-electron chi connectivity index (χ1n) is 18.3. The maximum atomic E-state index is 14.4. The van der Waals surface area contributed by atoms with Crippen molar-refractivity contribution in [2.75, 3.05) is 33.4 Å². The quantitative estimate of drug-likeness (QED) is 0.292. The number of nitrogens with zero attached hydrogens (tertiary/aromatic N) is 1. The Hall–Kier alpha value is -5.06. The molecule has 3 aromatic rings. The number of piperidine rings is 1. The largest absolute Gasteiger partial charge is 0.497 e. The van der Waals surface area contributed by atoms with Gasteiger partial charge in [0.15, 0.2) is 0 Å². The summed E-state index contributed by atoms with van der Waals surface area (Å²) in [6.45, 7) is 7.24. The molecule has 4 amide bonds. The number of ether oxygens (including phenoxy) is 3. The molecule has 2 heterocycles. The minimum absolute atomic E-state index is 0.0489.